The summed E-state index contributed by atoms with van der Waals surface area (Å²) < 4.78 is 43.3. The molecule has 0 bridgehead atoms. The molecular formula is C11H13BrF3NO. The highest BCUT2D eigenvalue weighted by molar-refractivity contribution is 9.10. The minimum absolute atomic E-state index is 0.307. The summed E-state index contributed by atoms with van der Waals surface area (Å²) in [6.45, 7) is 0.428. The second-order valence-electron chi connectivity index (χ2n) is 3.54. The van der Waals surface area contributed by atoms with Crippen molar-refractivity contribution in [1.29, 1.82) is 0 Å². The van der Waals surface area contributed by atoms with E-state index in [1.54, 1.807) is 0 Å². The van der Waals surface area contributed by atoms with Crippen molar-refractivity contribution in [2.45, 2.75) is 19.0 Å². The Balaban J connectivity index is 3.19. The summed E-state index contributed by atoms with van der Waals surface area (Å²) in [7, 11) is 1.43. The molecule has 0 aliphatic rings. The Labute approximate surface area is 106 Å². The highest BCUT2D eigenvalue weighted by Gasteiger charge is 2.32. The van der Waals surface area contributed by atoms with Crippen LogP contribution in [0.15, 0.2) is 16.6 Å². The number of aryl methyl sites for hydroxylation is 1. The second kappa shape index (κ2) is 5.73. The summed E-state index contributed by atoms with van der Waals surface area (Å²) in [6.07, 6.45) is -3.28. The molecule has 1 rings (SSSR count). The van der Waals surface area contributed by atoms with Crippen LogP contribution < -0.4 is 10.5 Å². The number of alkyl halides is 3. The molecule has 0 radical (unpaired) electrons. The van der Waals surface area contributed by atoms with Crippen molar-refractivity contribution in [1.82, 2.24) is 0 Å². The fraction of sp³-hybridized carbons (Fsp3) is 0.455. The molecule has 2 nitrogen and oxygen atoms in total. The maximum Gasteiger partial charge on any atom is 0.416 e. The van der Waals surface area contributed by atoms with Crippen LogP contribution in [0.2, 0.25) is 0 Å². The van der Waals surface area contributed by atoms with E-state index in [1.165, 1.54) is 7.11 Å². The first-order valence-corrected chi connectivity index (χ1v) is 5.83. The van der Waals surface area contributed by atoms with Crippen LogP contribution in [0.1, 0.15) is 17.5 Å². The van der Waals surface area contributed by atoms with Gasteiger partial charge in [-0.2, -0.15) is 13.2 Å². The van der Waals surface area contributed by atoms with E-state index in [4.69, 9.17) is 10.5 Å². The zero-order valence-electron chi connectivity index (χ0n) is 9.27. The van der Waals surface area contributed by atoms with E-state index in [0.717, 1.165) is 12.1 Å². The number of hydrogen-bond acceptors (Lipinski definition) is 2. The highest BCUT2D eigenvalue weighted by atomic mass is 79.9. The first kappa shape index (κ1) is 14.3. The molecule has 0 aliphatic carbocycles. The van der Waals surface area contributed by atoms with Crippen molar-refractivity contribution in [3.63, 3.8) is 0 Å². The Hall–Kier alpha value is -0.750. The third-order valence-corrected chi connectivity index (χ3v) is 2.89. The van der Waals surface area contributed by atoms with Crippen molar-refractivity contribution in [2.24, 2.45) is 5.73 Å². The molecule has 2 N–H and O–H groups in total. The van der Waals surface area contributed by atoms with Crippen molar-refractivity contribution >= 4 is 15.9 Å². The van der Waals surface area contributed by atoms with Crippen LogP contribution in [0.4, 0.5) is 13.2 Å². The zero-order valence-corrected chi connectivity index (χ0v) is 10.9. The topological polar surface area (TPSA) is 35.2 Å². The minimum atomic E-state index is -4.35. The van der Waals surface area contributed by atoms with Crippen LogP contribution in [0, 0.1) is 0 Å². The summed E-state index contributed by atoms with van der Waals surface area (Å²) in [6, 6.07) is 2.13. The maximum absolute atomic E-state index is 12.6. The lowest BCUT2D eigenvalue weighted by molar-refractivity contribution is -0.137. The van der Waals surface area contributed by atoms with Crippen molar-refractivity contribution in [3.05, 3.63) is 27.7 Å². The number of nitrogens with two attached hydrogens (primary N) is 1. The molecule has 0 aliphatic heterocycles. The van der Waals surface area contributed by atoms with Crippen molar-refractivity contribution in [3.8, 4) is 5.75 Å². The number of ether oxygens (including phenoxy) is 1. The molecule has 96 valence electrons. The molecule has 1 aromatic rings. The Morgan fingerprint density at radius 1 is 1.35 bits per heavy atom. The van der Waals surface area contributed by atoms with Crippen LogP contribution in [0.25, 0.3) is 0 Å². The molecule has 6 heteroatoms. The molecular weight excluding hydrogens is 299 g/mol. The average molecular weight is 312 g/mol. The van der Waals surface area contributed by atoms with Gasteiger partial charge in [-0.1, -0.05) is 0 Å². The average Bonchev–Trinajstić information content (AvgIpc) is 2.24. The third kappa shape index (κ3) is 3.61. The van der Waals surface area contributed by atoms with Crippen LogP contribution in [-0.4, -0.2) is 13.7 Å². The Morgan fingerprint density at radius 3 is 2.47 bits per heavy atom. The molecule has 0 saturated heterocycles. The van der Waals surface area contributed by atoms with Gasteiger partial charge in [-0.3, -0.25) is 0 Å². The first-order valence-electron chi connectivity index (χ1n) is 5.03. The van der Waals surface area contributed by atoms with E-state index >= 15 is 0 Å². The number of rotatable bonds is 4. The predicted molar refractivity (Wildman–Crippen MR) is 63.1 cm³/mol. The number of benzene rings is 1. The number of halogens is 4. The fourth-order valence-electron chi connectivity index (χ4n) is 1.52. The van der Waals surface area contributed by atoms with Crippen LogP contribution in [0.3, 0.4) is 0 Å². The Kier molecular flexibility index (Phi) is 4.82. The van der Waals surface area contributed by atoms with Gasteiger partial charge in [-0.25, -0.2) is 0 Å². The second-order valence-corrected chi connectivity index (χ2v) is 4.39. The number of methoxy groups -OCH3 is 1. The lowest BCUT2D eigenvalue weighted by atomic mass is 10.0. The van der Waals surface area contributed by atoms with Gasteiger partial charge in [0.1, 0.15) is 5.75 Å². The monoisotopic (exact) mass is 311 g/mol. The first-order chi connectivity index (χ1) is 7.90. The summed E-state index contributed by atoms with van der Waals surface area (Å²) in [5.74, 6) is 0.437. The van der Waals surface area contributed by atoms with Gasteiger partial charge >= 0.3 is 6.18 Å². The minimum Gasteiger partial charge on any atom is -0.495 e. The molecule has 0 spiro atoms. The van der Waals surface area contributed by atoms with E-state index < -0.39 is 11.7 Å². The quantitative estimate of drug-likeness (QED) is 0.925. The van der Waals surface area contributed by atoms with Gasteiger partial charge in [0.15, 0.2) is 0 Å². The van der Waals surface area contributed by atoms with E-state index in [1.807, 2.05) is 0 Å². The third-order valence-electron chi connectivity index (χ3n) is 2.30. The standard InChI is InChI=1S/C11H13BrF3NO/c1-17-10-7(3-2-4-16)5-8(6-9(10)12)11(13,14)15/h5-6H,2-4,16H2,1H3. The van der Waals surface area contributed by atoms with Gasteiger partial charge < -0.3 is 10.5 Å². The van der Waals surface area contributed by atoms with Gasteiger partial charge in [-0.15, -0.1) is 0 Å². The lowest BCUT2D eigenvalue weighted by Gasteiger charge is -2.14. The maximum atomic E-state index is 12.6. The molecule has 17 heavy (non-hydrogen) atoms. The largest absolute Gasteiger partial charge is 0.495 e. The smallest absolute Gasteiger partial charge is 0.416 e. The molecule has 0 heterocycles. The molecule has 0 unspecified atom stereocenters. The summed E-state index contributed by atoms with van der Waals surface area (Å²) >= 11 is 3.09. The molecule has 0 fully saturated rings. The Bertz CT molecular complexity index is 393. The van der Waals surface area contributed by atoms with Crippen LogP contribution in [0.5, 0.6) is 5.75 Å². The number of hydrogen-bond donors (Lipinski definition) is 1. The van der Waals surface area contributed by atoms with Gasteiger partial charge in [0.05, 0.1) is 17.1 Å². The summed E-state index contributed by atoms with van der Waals surface area (Å²) in [5, 5.41) is 0. The summed E-state index contributed by atoms with van der Waals surface area (Å²) in [4.78, 5) is 0. The van der Waals surface area contributed by atoms with Gasteiger partial charge in [0.25, 0.3) is 0 Å². The van der Waals surface area contributed by atoms with E-state index in [9.17, 15) is 13.2 Å². The molecule has 0 atom stereocenters. The van der Waals surface area contributed by atoms with Crippen molar-refractivity contribution in [2.75, 3.05) is 13.7 Å². The van der Waals surface area contributed by atoms with Gasteiger partial charge in [-0.05, 0) is 53.0 Å². The van der Waals surface area contributed by atoms with Gasteiger partial charge in [0.2, 0.25) is 0 Å². The SMILES string of the molecule is COc1c(Br)cc(C(F)(F)F)cc1CCCN. The molecule has 1 aromatic carbocycles. The van der Waals surface area contributed by atoms with Gasteiger partial charge in [0, 0.05) is 0 Å². The zero-order chi connectivity index (χ0) is 13.1. The molecule has 0 saturated carbocycles. The van der Waals surface area contributed by atoms with Crippen LogP contribution >= 0.6 is 15.9 Å². The predicted octanol–water partition coefficient (Wildman–Crippen LogP) is 3.37. The van der Waals surface area contributed by atoms with E-state index in [0.29, 0.717) is 35.2 Å². The fourth-order valence-corrected chi connectivity index (χ4v) is 2.18. The van der Waals surface area contributed by atoms with E-state index in [2.05, 4.69) is 15.9 Å². The molecule has 0 amide bonds. The van der Waals surface area contributed by atoms with Crippen molar-refractivity contribution < 1.29 is 17.9 Å². The Morgan fingerprint density at radius 2 is 2.00 bits per heavy atom. The van der Waals surface area contributed by atoms with Crippen LogP contribution in [-0.2, 0) is 12.6 Å². The molecule has 0 aromatic heterocycles. The van der Waals surface area contributed by atoms with E-state index in [-0.39, 0.29) is 0 Å². The highest BCUT2D eigenvalue weighted by Crippen LogP contribution is 2.37. The summed E-state index contributed by atoms with van der Waals surface area (Å²) in [5.41, 5.74) is 5.19. The lowest BCUT2D eigenvalue weighted by Crippen LogP contribution is -2.08. The normalized spacial score (nSPS) is 11.6.